The van der Waals surface area contributed by atoms with Gasteiger partial charge in [0.25, 0.3) is 0 Å². The van der Waals surface area contributed by atoms with E-state index in [2.05, 4.69) is 26.2 Å². The average Bonchev–Trinajstić information content (AvgIpc) is 2.30. The van der Waals surface area contributed by atoms with Crippen molar-refractivity contribution in [3.63, 3.8) is 0 Å². The van der Waals surface area contributed by atoms with Gasteiger partial charge < -0.3 is 0 Å². The second kappa shape index (κ2) is 4.11. The van der Waals surface area contributed by atoms with Gasteiger partial charge in [-0.15, -0.1) is 0 Å². The van der Waals surface area contributed by atoms with Crippen LogP contribution in [-0.4, -0.2) is 26.2 Å². The number of nitrogens with zero attached hydrogens (tertiary/aromatic N) is 4. The highest BCUT2D eigenvalue weighted by Gasteiger charge is 2.00. The maximum absolute atomic E-state index is 4.12. The maximum Gasteiger partial charge on any atom is 0.115 e. The molecule has 5 heteroatoms. The lowest BCUT2D eigenvalue weighted by molar-refractivity contribution is 1.18. The van der Waals surface area contributed by atoms with Gasteiger partial charge in [0, 0.05) is 35.4 Å². The van der Waals surface area contributed by atoms with Crippen molar-refractivity contribution in [1.29, 1.82) is 0 Å². The average molecular weight is 204 g/mol. The van der Waals surface area contributed by atoms with Crippen LogP contribution in [0.2, 0.25) is 0 Å². The molecule has 0 N–H and O–H groups in total. The van der Waals surface area contributed by atoms with Gasteiger partial charge in [0.05, 0.1) is 0 Å². The largest absolute Gasteiger partial charge is 0.244 e. The third-order valence-corrected chi connectivity index (χ3v) is 3.73. The molecule has 0 aliphatic rings. The first-order valence-electron chi connectivity index (χ1n) is 4.07. The van der Waals surface area contributed by atoms with Gasteiger partial charge in [-0.3, -0.25) is 0 Å². The third kappa shape index (κ3) is 1.86. The molecule has 0 saturated heterocycles. The highest BCUT2D eigenvalue weighted by molar-refractivity contribution is 7.70. The van der Waals surface area contributed by atoms with Crippen LogP contribution in [0.3, 0.4) is 0 Å². The van der Waals surface area contributed by atoms with E-state index < -0.39 is 7.55 Å². The summed E-state index contributed by atoms with van der Waals surface area (Å²) in [6, 6.07) is 0. The Kier molecular flexibility index (Phi) is 2.65. The second-order valence-corrected chi connectivity index (χ2v) is 4.84. The zero-order valence-electron chi connectivity index (χ0n) is 7.46. The van der Waals surface area contributed by atoms with E-state index in [1.807, 2.05) is 0 Å². The van der Waals surface area contributed by atoms with Gasteiger partial charge >= 0.3 is 0 Å². The van der Waals surface area contributed by atoms with E-state index in [1.54, 1.807) is 24.8 Å². The summed E-state index contributed by atoms with van der Waals surface area (Å²) in [6.07, 6.45) is 14.3. The third-order valence-electron chi connectivity index (χ3n) is 1.82. The summed E-state index contributed by atoms with van der Waals surface area (Å²) < 4.78 is 0. The summed E-state index contributed by atoms with van der Waals surface area (Å²) in [5, 5.41) is 2.12. The monoisotopic (exact) mass is 204 g/mol. The Labute approximate surface area is 82.5 Å². The predicted molar refractivity (Wildman–Crippen MR) is 58.8 cm³/mol. The van der Waals surface area contributed by atoms with Crippen LogP contribution in [-0.2, 0) is 0 Å². The Morgan fingerprint density at radius 1 is 0.786 bits per heavy atom. The minimum atomic E-state index is -1.04. The van der Waals surface area contributed by atoms with E-state index in [-0.39, 0.29) is 0 Å². The Morgan fingerprint density at radius 2 is 1.14 bits per heavy atom. The molecule has 14 heavy (non-hydrogen) atoms. The lowest BCUT2D eigenvalue weighted by atomic mass is 10.7. The first-order chi connectivity index (χ1) is 6.88. The van der Waals surface area contributed by atoms with Crippen molar-refractivity contribution in [2.75, 3.05) is 0 Å². The molecule has 0 aromatic carbocycles. The van der Waals surface area contributed by atoms with Crippen LogP contribution in [0.15, 0.2) is 37.4 Å². The van der Waals surface area contributed by atoms with Crippen molar-refractivity contribution in [3.05, 3.63) is 37.4 Å². The molecule has 0 bridgehead atoms. The summed E-state index contributed by atoms with van der Waals surface area (Å²) in [7, 11) is -1.04. The fourth-order valence-electron chi connectivity index (χ4n) is 1.08. The molecule has 2 rings (SSSR count). The molecule has 0 aliphatic heterocycles. The van der Waals surface area contributed by atoms with Gasteiger partial charge in [0.1, 0.15) is 12.7 Å². The molecule has 0 amide bonds. The molecule has 0 aliphatic carbocycles. The van der Waals surface area contributed by atoms with Gasteiger partial charge in [-0.05, 0) is 0 Å². The molecular weight excluding hydrogens is 195 g/mol. The normalized spacial score (nSPS) is 10.4. The number of hydrogen-bond acceptors (Lipinski definition) is 4. The zero-order valence-corrected chi connectivity index (χ0v) is 8.46. The van der Waals surface area contributed by atoms with Crippen molar-refractivity contribution < 1.29 is 0 Å². The quantitative estimate of drug-likeness (QED) is 0.639. The number of aromatic nitrogens is 4. The molecule has 2 aromatic heterocycles. The summed E-state index contributed by atoms with van der Waals surface area (Å²) >= 11 is 0. The van der Waals surface area contributed by atoms with Crippen LogP contribution in [0.25, 0.3) is 0 Å². The molecule has 2 aromatic rings. The van der Waals surface area contributed by atoms with E-state index in [0.29, 0.717) is 0 Å². The molecule has 0 fully saturated rings. The fraction of sp³-hybridized carbons (Fsp3) is 0. The van der Waals surface area contributed by atoms with E-state index >= 15 is 0 Å². The molecule has 0 atom stereocenters. The van der Waals surface area contributed by atoms with Crippen LogP contribution in [0.1, 0.15) is 0 Å². The Morgan fingerprint density at radius 3 is 1.50 bits per heavy atom. The fourth-order valence-corrected chi connectivity index (χ4v) is 2.33. The van der Waals surface area contributed by atoms with Crippen molar-refractivity contribution >= 4 is 24.5 Å². The van der Waals surface area contributed by atoms with Gasteiger partial charge in [-0.25, -0.2) is 19.9 Å². The Hall–Kier alpha value is -1.54. The summed E-state index contributed by atoms with van der Waals surface area (Å²) in [4.78, 5) is 15.9. The lowest BCUT2D eigenvalue weighted by Crippen LogP contribution is -2.09. The highest BCUT2D eigenvalue weighted by Crippen LogP contribution is 2.15. The molecule has 0 spiro atoms. The van der Waals surface area contributed by atoms with Gasteiger partial charge in [-0.2, -0.15) is 0 Å². The van der Waals surface area contributed by atoms with Gasteiger partial charge in [-0.1, -0.05) is 13.8 Å². The van der Waals surface area contributed by atoms with E-state index in [1.165, 1.54) is 12.7 Å². The highest BCUT2D eigenvalue weighted by atomic mass is 31.1. The minimum absolute atomic E-state index is 1.04. The first kappa shape index (κ1) is 9.03. The van der Waals surface area contributed by atoms with E-state index in [0.717, 1.165) is 10.6 Å². The van der Waals surface area contributed by atoms with Gasteiger partial charge in [0.2, 0.25) is 0 Å². The first-order valence-corrected chi connectivity index (χ1v) is 5.78. The van der Waals surface area contributed by atoms with Crippen LogP contribution in [0.5, 0.6) is 0 Å². The molecule has 0 saturated carbocycles. The van der Waals surface area contributed by atoms with Crippen molar-refractivity contribution in [2.45, 2.75) is 0 Å². The molecule has 4 nitrogen and oxygen atoms in total. The van der Waals surface area contributed by atoms with E-state index in [9.17, 15) is 0 Å². The molecular formula is C9H9N4P. The van der Waals surface area contributed by atoms with Crippen molar-refractivity contribution in [3.8, 4) is 0 Å². The van der Waals surface area contributed by atoms with Crippen LogP contribution in [0, 0.1) is 0 Å². The SMILES string of the molecule is C=[PH](c1cncnc1)c1cncnc1. The van der Waals surface area contributed by atoms with Crippen molar-refractivity contribution in [1.82, 2.24) is 19.9 Å². The van der Waals surface area contributed by atoms with Crippen LogP contribution >= 0.6 is 7.55 Å². The Balaban J connectivity index is 2.35. The topological polar surface area (TPSA) is 51.6 Å². The van der Waals surface area contributed by atoms with Crippen LogP contribution in [0.4, 0.5) is 0 Å². The lowest BCUT2D eigenvalue weighted by Gasteiger charge is -2.04. The molecule has 0 unspecified atom stereocenters. The maximum atomic E-state index is 4.12. The number of hydrogen-bond donors (Lipinski definition) is 0. The molecule has 70 valence electrons. The van der Waals surface area contributed by atoms with Crippen molar-refractivity contribution in [2.24, 2.45) is 0 Å². The van der Waals surface area contributed by atoms with Crippen LogP contribution < -0.4 is 10.6 Å². The smallest absolute Gasteiger partial charge is 0.115 e. The number of rotatable bonds is 2. The summed E-state index contributed by atoms with van der Waals surface area (Å²) in [5.74, 6) is 0. The van der Waals surface area contributed by atoms with Gasteiger partial charge in [0.15, 0.2) is 0 Å². The van der Waals surface area contributed by atoms with E-state index in [4.69, 9.17) is 0 Å². The zero-order chi connectivity index (χ0) is 9.80. The Bertz CT molecular complexity index is 388. The summed E-state index contributed by atoms with van der Waals surface area (Å²) in [5.41, 5.74) is 0. The molecule has 2 heterocycles. The standard InChI is InChI=1S/C9H9N4P/c1-14(8-2-10-6-11-3-8)9-4-12-7-13-5-9/h2-7,14H,1H2. The predicted octanol–water partition coefficient (Wildman–Crippen LogP) is -0.136. The molecule has 0 radical (unpaired) electrons. The second-order valence-electron chi connectivity index (χ2n) is 2.73. The summed E-state index contributed by atoms with van der Waals surface area (Å²) in [6.45, 7) is 0. The minimum Gasteiger partial charge on any atom is -0.244 e.